The molecule has 0 aromatic carbocycles. The van der Waals surface area contributed by atoms with Gasteiger partial charge in [0, 0.05) is 6.54 Å². The molecule has 0 amide bonds. The van der Waals surface area contributed by atoms with Crippen LogP contribution in [0.4, 0.5) is 0 Å². The summed E-state index contributed by atoms with van der Waals surface area (Å²) in [7, 11) is 0. The van der Waals surface area contributed by atoms with Crippen molar-refractivity contribution in [2.75, 3.05) is 6.54 Å². The Morgan fingerprint density at radius 3 is 2.88 bits per heavy atom. The molecular formula is C4H8N2S2. The van der Waals surface area contributed by atoms with Gasteiger partial charge in [-0.05, 0) is 17.6 Å². The topological polar surface area (TPSA) is 38.0 Å². The second-order valence-corrected chi connectivity index (χ2v) is 1.87. The van der Waals surface area contributed by atoms with Crippen LogP contribution in [0.15, 0.2) is 11.5 Å². The molecule has 4 heteroatoms. The van der Waals surface area contributed by atoms with E-state index in [2.05, 4.69) is 30.2 Å². The van der Waals surface area contributed by atoms with Crippen molar-refractivity contribution < 1.29 is 0 Å². The summed E-state index contributed by atoms with van der Waals surface area (Å²) in [6.45, 7) is 0.652. The molecule has 0 aromatic rings. The quantitative estimate of drug-likeness (QED) is 0.388. The van der Waals surface area contributed by atoms with Gasteiger partial charge in [0.2, 0.25) is 0 Å². The fourth-order valence-corrected chi connectivity index (χ4v) is 0.401. The van der Waals surface area contributed by atoms with Crippen LogP contribution in [0.1, 0.15) is 0 Å². The molecule has 0 aliphatic rings. The molecule has 0 saturated heterocycles. The summed E-state index contributed by atoms with van der Waals surface area (Å²) < 4.78 is 0. The summed E-state index contributed by atoms with van der Waals surface area (Å²) in [6.07, 6.45) is 1.81. The normalized spacial score (nSPS) is 9.62. The van der Waals surface area contributed by atoms with Crippen molar-refractivity contribution in [3.8, 4) is 0 Å². The van der Waals surface area contributed by atoms with E-state index in [1.807, 2.05) is 6.08 Å². The Morgan fingerprint density at radius 1 is 1.88 bits per heavy atom. The largest absolute Gasteiger partial charge is 0.376 e. The van der Waals surface area contributed by atoms with Crippen molar-refractivity contribution in [1.29, 1.82) is 0 Å². The molecule has 0 fully saturated rings. The fourth-order valence-electron chi connectivity index (χ4n) is 0.212. The third-order valence-corrected chi connectivity index (χ3v) is 0.855. The lowest BCUT2D eigenvalue weighted by Crippen LogP contribution is -2.28. The number of hydrogen-bond donors (Lipinski definition) is 3. The van der Waals surface area contributed by atoms with Crippen LogP contribution < -0.4 is 11.1 Å². The van der Waals surface area contributed by atoms with E-state index in [1.165, 1.54) is 0 Å². The zero-order valence-electron chi connectivity index (χ0n) is 4.29. The van der Waals surface area contributed by atoms with Gasteiger partial charge in [-0.2, -0.15) is 12.6 Å². The third-order valence-electron chi connectivity index (χ3n) is 0.500. The van der Waals surface area contributed by atoms with Crippen LogP contribution in [0.5, 0.6) is 0 Å². The summed E-state index contributed by atoms with van der Waals surface area (Å²) in [6, 6.07) is 0. The van der Waals surface area contributed by atoms with Crippen LogP contribution in [0.2, 0.25) is 0 Å². The first kappa shape index (κ1) is 7.78. The van der Waals surface area contributed by atoms with Crippen LogP contribution in [0.3, 0.4) is 0 Å². The minimum atomic E-state index is 0.316. The average Bonchev–Trinajstić information content (AvgIpc) is 1.66. The summed E-state index contributed by atoms with van der Waals surface area (Å²) >= 11 is 8.34. The highest BCUT2D eigenvalue weighted by atomic mass is 32.1. The monoisotopic (exact) mass is 148 g/mol. The molecule has 0 radical (unpaired) electrons. The van der Waals surface area contributed by atoms with E-state index in [-0.39, 0.29) is 0 Å². The first-order chi connectivity index (χ1) is 3.77. The van der Waals surface area contributed by atoms with Crippen molar-refractivity contribution in [3.63, 3.8) is 0 Å². The van der Waals surface area contributed by atoms with Gasteiger partial charge in [0.25, 0.3) is 0 Å². The van der Waals surface area contributed by atoms with Crippen LogP contribution in [0.25, 0.3) is 0 Å². The van der Waals surface area contributed by atoms with Gasteiger partial charge in [0.05, 0.1) is 0 Å². The van der Waals surface area contributed by atoms with Crippen molar-refractivity contribution in [1.82, 2.24) is 5.32 Å². The molecule has 0 aliphatic heterocycles. The number of hydrogen-bond acceptors (Lipinski definition) is 2. The molecule has 0 atom stereocenters. The maximum absolute atomic E-state index is 5.09. The molecule has 0 rings (SSSR count). The molecule has 46 valence electrons. The van der Waals surface area contributed by atoms with Gasteiger partial charge < -0.3 is 11.1 Å². The van der Waals surface area contributed by atoms with Gasteiger partial charge in [-0.25, -0.2) is 0 Å². The second-order valence-electron chi connectivity index (χ2n) is 1.13. The van der Waals surface area contributed by atoms with Crippen molar-refractivity contribution in [2.45, 2.75) is 0 Å². The van der Waals surface area contributed by atoms with E-state index in [0.717, 1.165) is 0 Å². The average molecular weight is 148 g/mol. The predicted molar refractivity (Wildman–Crippen MR) is 42.9 cm³/mol. The summed E-state index contributed by atoms with van der Waals surface area (Å²) in [5.74, 6) is 0. The molecule has 0 unspecified atom stereocenters. The van der Waals surface area contributed by atoms with Gasteiger partial charge in [-0.3, -0.25) is 0 Å². The molecular weight excluding hydrogens is 140 g/mol. The van der Waals surface area contributed by atoms with E-state index < -0.39 is 0 Å². The molecule has 0 heterocycles. The lowest BCUT2D eigenvalue weighted by Gasteiger charge is -1.94. The minimum Gasteiger partial charge on any atom is -0.376 e. The number of thiol groups is 1. The van der Waals surface area contributed by atoms with Crippen LogP contribution >= 0.6 is 24.8 Å². The molecule has 8 heavy (non-hydrogen) atoms. The Kier molecular flexibility index (Phi) is 4.79. The molecule has 0 bridgehead atoms. The zero-order valence-corrected chi connectivity index (χ0v) is 6.01. The maximum Gasteiger partial charge on any atom is 0.163 e. The molecule has 0 saturated carbocycles. The molecule has 0 spiro atoms. The highest BCUT2D eigenvalue weighted by Gasteiger charge is 1.77. The Balaban J connectivity index is 3.05. The van der Waals surface area contributed by atoms with Crippen molar-refractivity contribution in [3.05, 3.63) is 11.5 Å². The van der Waals surface area contributed by atoms with Gasteiger partial charge in [-0.1, -0.05) is 6.08 Å². The van der Waals surface area contributed by atoms with Gasteiger partial charge in [0.15, 0.2) is 5.11 Å². The third kappa shape index (κ3) is 5.78. The second kappa shape index (κ2) is 4.93. The van der Waals surface area contributed by atoms with Crippen molar-refractivity contribution >= 4 is 30.0 Å². The first-order valence-corrected chi connectivity index (χ1v) is 3.02. The molecule has 3 N–H and O–H groups in total. The smallest absolute Gasteiger partial charge is 0.163 e. The highest BCUT2D eigenvalue weighted by molar-refractivity contribution is 7.83. The van der Waals surface area contributed by atoms with Gasteiger partial charge in [-0.15, -0.1) is 0 Å². The fraction of sp³-hybridized carbons (Fsp3) is 0.250. The number of thiocarbonyl (C=S) groups is 1. The van der Waals surface area contributed by atoms with Crippen LogP contribution in [-0.4, -0.2) is 11.7 Å². The predicted octanol–water partition coefficient (Wildman–Crippen LogP) is 0.263. The molecule has 0 aliphatic carbocycles. The molecule has 0 aromatic heterocycles. The Labute approximate surface area is 59.5 Å². The Hall–Kier alpha value is -0.220. The summed E-state index contributed by atoms with van der Waals surface area (Å²) in [5.41, 5.74) is 5.09. The van der Waals surface area contributed by atoms with Gasteiger partial charge in [0.1, 0.15) is 0 Å². The highest BCUT2D eigenvalue weighted by Crippen LogP contribution is 1.72. The summed E-state index contributed by atoms with van der Waals surface area (Å²) in [4.78, 5) is 0. The van der Waals surface area contributed by atoms with E-state index in [9.17, 15) is 0 Å². The zero-order chi connectivity index (χ0) is 6.41. The van der Waals surface area contributed by atoms with Crippen LogP contribution in [-0.2, 0) is 0 Å². The first-order valence-electron chi connectivity index (χ1n) is 2.10. The maximum atomic E-state index is 5.09. The van der Waals surface area contributed by atoms with Gasteiger partial charge >= 0.3 is 0 Å². The summed E-state index contributed by atoms with van der Waals surface area (Å²) in [5, 5.41) is 4.67. The lowest BCUT2D eigenvalue weighted by molar-refractivity contribution is 1.05. The van der Waals surface area contributed by atoms with Crippen LogP contribution in [0, 0.1) is 0 Å². The van der Waals surface area contributed by atoms with Crippen molar-refractivity contribution in [2.24, 2.45) is 5.73 Å². The van der Waals surface area contributed by atoms with E-state index in [4.69, 9.17) is 5.73 Å². The molecule has 2 nitrogen and oxygen atoms in total. The number of rotatable bonds is 2. The van der Waals surface area contributed by atoms with E-state index >= 15 is 0 Å². The van der Waals surface area contributed by atoms with E-state index in [1.54, 1.807) is 5.41 Å². The number of nitrogens with two attached hydrogens (primary N) is 1. The SMILES string of the molecule is NC(=S)NCC=CS. The minimum absolute atomic E-state index is 0.316. The standard InChI is InChI=1S/C4H8N2S2/c5-4(8)6-2-1-3-7/h1,3,7H,2H2,(H3,5,6,8). The Morgan fingerprint density at radius 2 is 2.50 bits per heavy atom. The number of nitrogens with one attached hydrogen (secondary N) is 1. The Bertz CT molecular complexity index is 100. The lowest BCUT2D eigenvalue weighted by atomic mass is 10.6. The van der Waals surface area contributed by atoms with E-state index in [0.29, 0.717) is 11.7 Å².